The Morgan fingerprint density at radius 3 is 2.77 bits per heavy atom. The van der Waals surface area contributed by atoms with E-state index >= 15 is 0 Å². The van der Waals surface area contributed by atoms with Crippen LogP contribution >= 0.6 is 0 Å². The van der Waals surface area contributed by atoms with E-state index in [2.05, 4.69) is 4.98 Å². The van der Waals surface area contributed by atoms with Crippen molar-refractivity contribution in [2.45, 2.75) is 6.42 Å². The number of rotatable bonds is 4. The predicted octanol–water partition coefficient (Wildman–Crippen LogP) is -1.21. The number of benzene rings is 1. The summed E-state index contributed by atoms with van der Waals surface area (Å²) in [6, 6.07) is 9.00. The van der Waals surface area contributed by atoms with Gasteiger partial charge in [-0.1, -0.05) is 6.07 Å². The number of nitrogens with zero attached hydrogens (tertiary/aromatic N) is 1. The summed E-state index contributed by atoms with van der Waals surface area (Å²) < 4.78 is 10.5. The second-order valence-electron chi connectivity index (χ2n) is 4.65. The number of carbonyl (C=O) groups excluding carboxylic acids is 1. The molecular weight excluding hydrogens is 293 g/mol. The molecule has 0 amide bonds. The number of fused-ring (bicyclic) bond motifs is 1. The predicted molar refractivity (Wildman–Crippen MR) is 74.1 cm³/mol. The van der Waals surface area contributed by atoms with Crippen molar-refractivity contribution < 1.29 is 48.6 Å². The Hall–Kier alpha value is -1.82. The second-order valence-corrected chi connectivity index (χ2v) is 4.65. The van der Waals surface area contributed by atoms with Crippen LogP contribution in [0.25, 0.3) is 11.0 Å². The number of hydrogen-bond acceptors (Lipinski definition) is 5. The fraction of sp³-hybridized carbons (Fsp3) is 0.125. The van der Waals surface area contributed by atoms with Gasteiger partial charge in [0, 0.05) is 17.8 Å². The number of ether oxygens (including phenoxy) is 1. The monoisotopic (exact) mass is 305 g/mol. The zero-order valence-electron chi connectivity index (χ0n) is 12.3. The molecule has 0 saturated heterocycles. The third-order valence-corrected chi connectivity index (χ3v) is 3.19. The van der Waals surface area contributed by atoms with Crippen LogP contribution in [0, 0.1) is 0 Å². The number of aromatic nitrogens is 1. The summed E-state index contributed by atoms with van der Waals surface area (Å²) in [5, 5.41) is 11.6. The van der Waals surface area contributed by atoms with E-state index in [-0.39, 0.29) is 35.3 Å². The van der Waals surface area contributed by atoms with Crippen LogP contribution in [0.5, 0.6) is 5.75 Å². The molecule has 2 aromatic heterocycles. The minimum absolute atomic E-state index is 0. The van der Waals surface area contributed by atoms with Crippen LogP contribution < -0.4 is 39.4 Å². The Bertz CT molecular complexity index is 799. The van der Waals surface area contributed by atoms with Crippen molar-refractivity contribution in [3.05, 3.63) is 59.6 Å². The van der Waals surface area contributed by atoms with Gasteiger partial charge in [-0.2, -0.15) is 0 Å². The summed E-state index contributed by atoms with van der Waals surface area (Å²) in [6.45, 7) is 0. The van der Waals surface area contributed by atoms with Gasteiger partial charge in [-0.15, -0.1) is 0 Å². The molecule has 0 aliphatic rings. The third kappa shape index (κ3) is 3.32. The number of hydrogen-bond donors (Lipinski definition) is 0. The van der Waals surface area contributed by atoms with Crippen LogP contribution in [0.3, 0.4) is 0 Å². The zero-order valence-corrected chi connectivity index (χ0v) is 14.3. The molecule has 0 spiro atoms. The molecule has 3 rings (SSSR count). The summed E-state index contributed by atoms with van der Waals surface area (Å²) in [5.41, 5.74) is 2.45. The molecule has 0 saturated carbocycles. The first-order valence-corrected chi connectivity index (χ1v) is 6.38. The largest absolute Gasteiger partial charge is 1.00 e. The fourth-order valence-corrected chi connectivity index (χ4v) is 2.27. The normalized spacial score (nSPS) is 10.2. The van der Waals surface area contributed by atoms with Crippen molar-refractivity contribution in [3.8, 4) is 5.75 Å². The first kappa shape index (κ1) is 16.5. The van der Waals surface area contributed by atoms with Crippen molar-refractivity contribution in [3.63, 3.8) is 0 Å². The van der Waals surface area contributed by atoms with Gasteiger partial charge in [0.25, 0.3) is 0 Å². The zero-order chi connectivity index (χ0) is 14.8. The molecule has 2 heterocycles. The summed E-state index contributed by atoms with van der Waals surface area (Å²) in [7, 11) is 1.52. The van der Waals surface area contributed by atoms with E-state index in [0.717, 1.165) is 11.1 Å². The van der Waals surface area contributed by atoms with Gasteiger partial charge in [-0.25, -0.2) is 0 Å². The van der Waals surface area contributed by atoms with Crippen molar-refractivity contribution >= 4 is 16.9 Å². The van der Waals surface area contributed by atoms with Crippen LogP contribution in [0.1, 0.15) is 21.7 Å². The van der Waals surface area contributed by atoms with Crippen LogP contribution in [-0.2, 0) is 6.42 Å². The fourth-order valence-electron chi connectivity index (χ4n) is 2.27. The van der Waals surface area contributed by atoms with Gasteiger partial charge >= 0.3 is 29.6 Å². The first-order chi connectivity index (χ1) is 10.2. The van der Waals surface area contributed by atoms with Gasteiger partial charge in [0.15, 0.2) is 17.1 Å². The number of carboxylic acid groups (broad SMARTS) is 1. The van der Waals surface area contributed by atoms with Gasteiger partial charge in [-0.05, 0) is 41.8 Å². The van der Waals surface area contributed by atoms with Gasteiger partial charge < -0.3 is 19.1 Å². The Morgan fingerprint density at radius 2 is 2.14 bits per heavy atom. The molecule has 0 fully saturated rings. The van der Waals surface area contributed by atoms with Gasteiger partial charge in [-0.3, -0.25) is 4.98 Å². The van der Waals surface area contributed by atoms with Gasteiger partial charge in [0.2, 0.25) is 0 Å². The molecule has 0 aliphatic carbocycles. The van der Waals surface area contributed by atoms with Gasteiger partial charge in [0.05, 0.1) is 7.11 Å². The average Bonchev–Trinajstić information content (AvgIpc) is 2.91. The summed E-state index contributed by atoms with van der Waals surface area (Å²) >= 11 is 0. The molecule has 0 atom stereocenters. The maximum absolute atomic E-state index is 10.9. The third-order valence-electron chi connectivity index (χ3n) is 3.19. The SMILES string of the molecule is COc1cc(Cc2cccnc2)cc2cc(C(=O)[O-])oc12.[Na+]. The van der Waals surface area contributed by atoms with Crippen molar-refractivity contribution in [2.75, 3.05) is 7.11 Å². The molecule has 0 radical (unpaired) electrons. The van der Waals surface area contributed by atoms with Crippen LogP contribution in [0.15, 0.2) is 47.1 Å². The minimum atomic E-state index is -1.35. The molecular formula is C16H12NNaO4. The van der Waals surface area contributed by atoms with Crippen molar-refractivity contribution in [2.24, 2.45) is 0 Å². The molecule has 0 bridgehead atoms. The van der Waals surface area contributed by atoms with E-state index in [4.69, 9.17) is 9.15 Å². The maximum Gasteiger partial charge on any atom is 1.00 e. The molecule has 5 nitrogen and oxygen atoms in total. The van der Waals surface area contributed by atoms with Gasteiger partial charge in [0.1, 0.15) is 5.97 Å². The average molecular weight is 305 g/mol. The Labute approximate surface area is 149 Å². The van der Waals surface area contributed by atoms with E-state index < -0.39 is 5.97 Å². The smallest absolute Gasteiger partial charge is 0.542 e. The first-order valence-electron chi connectivity index (χ1n) is 6.38. The number of aromatic carboxylic acids is 1. The number of furan rings is 1. The number of carboxylic acids is 1. The molecule has 1 aromatic carbocycles. The summed E-state index contributed by atoms with van der Waals surface area (Å²) in [5.74, 6) is -1.05. The van der Waals surface area contributed by atoms with Crippen molar-refractivity contribution in [1.82, 2.24) is 4.98 Å². The quantitative estimate of drug-likeness (QED) is 0.566. The molecule has 0 aliphatic heterocycles. The molecule has 0 N–H and O–H groups in total. The molecule has 3 aromatic rings. The Balaban J connectivity index is 0.00000176. The number of carbonyl (C=O) groups is 1. The standard InChI is InChI=1S/C16H13NO4.Na/c1-20-13-7-11(5-10-3-2-4-17-9-10)6-12-8-14(16(18)19)21-15(12)13;/h2-4,6-9H,5H2,1H3,(H,18,19);/q;+1/p-1. The minimum Gasteiger partial charge on any atom is -0.542 e. The number of pyridine rings is 1. The Kier molecular flexibility index (Phi) is 5.24. The Morgan fingerprint density at radius 1 is 1.32 bits per heavy atom. The van der Waals surface area contributed by atoms with Crippen molar-refractivity contribution in [1.29, 1.82) is 0 Å². The van der Waals surface area contributed by atoms with Crippen LogP contribution in [0.2, 0.25) is 0 Å². The summed E-state index contributed by atoms with van der Waals surface area (Å²) in [4.78, 5) is 15.0. The molecule has 106 valence electrons. The topological polar surface area (TPSA) is 75.4 Å². The number of methoxy groups -OCH3 is 1. The van der Waals surface area contributed by atoms with E-state index in [0.29, 0.717) is 23.1 Å². The maximum atomic E-state index is 10.9. The summed E-state index contributed by atoms with van der Waals surface area (Å²) in [6.07, 6.45) is 4.18. The molecule has 22 heavy (non-hydrogen) atoms. The van der Waals surface area contributed by atoms with Crippen LogP contribution in [0.4, 0.5) is 0 Å². The molecule has 0 unspecified atom stereocenters. The van der Waals surface area contributed by atoms with Crippen LogP contribution in [-0.4, -0.2) is 18.1 Å². The van der Waals surface area contributed by atoms with E-state index in [9.17, 15) is 9.90 Å². The van der Waals surface area contributed by atoms with E-state index in [1.54, 1.807) is 12.4 Å². The second kappa shape index (κ2) is 6.96. The van der Waals surface area contributed by atoms with E-state index in [1.807, 2.05) is 24.3 Å². The van der Waals surface area contributed by atoms with E-state index in [1.165, 1.54) is 13.2 Å². The molecule has 6 heteroatoms.